The van der Waals surface area contributed by atoms with Crippen LogP contribution in [-0.4, -0.2) is 27.5 Å². The largest absolute Gasteiger partial charge is 0.456 e. The average molecular weight is 490 g/mol. The van der Waals surface area contributed by atoms with E-state index in [1.54, 1.807) is 0 Å². The van der Waals surface area contributed by atoms with Crippen LogP contribution in [-0.2, 0) is 14.3 Å². The van der Waals surface area contributed by atoms with E-state index in [0.717, 1.165) is 22.0 Å². The second kappa shape index (κ2) is 10.1. The van der Waals surface area contributed by atoms with Crippen molar-refractivity contribution in [3.63, 3.8) is 0 Å². The highest BCUT2D eigenvalue weighted by molar-refractivity contribution is 8.16. The molecule has 2 aromatic carbocycles. The Labute approximate surface area is 211 Å². The summed E-state index contributed by atoms with van der Waals surface area (Å²) in [5.41, 5.74) is 3.26. The van der Waals surface area contributed by atoms with Crippen LogP contribution >= 0.6 is 11.8 Å². The number of benzene rings is 2. The standard InChI is InChI=1S/C28H31N3O3S/c1-18(20-12-8-6-9-13-20)29-23(32)16-22-17-35-27-30-19(2)24(26(33)34-28(3,4)5)25(31(22)27)21-14-10-7-11-15-21/h6-15,17-18,25H,16H2,1-5H3,(H,29,32)/t18-,25+/m0/s1. The fourth-order valence-electron chi connectivity index (χ4n) is 4.20. The maximum absolute atomic E-state index is 13.3. The number of nitrogens with one attached hydrogen (secondary N) is 1. The summed E-state index contributed by atoms with van der Waals surface area (Å²) in [7, 11) is 0. The minimum Gasteiger partial charge on any atom is -0.456 e. The summed E-state index contributed by atoms with van der Waals surface area (Å²) in [6, 6.07) is 19.1. The highest BCUT2D eigenvalue weighted by Crippen LogP contribution is 2.45. The topological polar surface area (TPSA) is 71.0 Å². The van der Waals surface area contributed by atoms with Crippen molar-refractivity contribution < 1.29 is 14.3 Å². The first-order valence-corrected chi connectivity index (χ1v) is 12.6. The van der Waals surface area contributed by atoms with Gasteiger partial charge in [-0.05, 0) is 51.2 Å². The van der Waals surface area contributed by atoms with E-state index in [0.29, 0.717) is 11.3 Å². The molecule has 0 aromatic heterocycles. The van der Waals surface area contributed by atoms with Gasteiger partial charge in [-0.15, -0.1) is 0 Å². The van der Waals surface area contributed by atoms with E-state index in [-0.39, 0.29) is 18.4 Å². The Morgan fingerprint density at radius 1 is 1.09 bits per heavy atom. The third-order valence-electron chi connectivity index (χ3n) is 5.75. The molecule has 2 aromatic rings. The van der Waals surface area contributed by atoms with Crippen LogP contribution in [0, 0.1) is 0 Å². The summed E-state index contributed by atoms with van der Waals surface area (Å²) in [5.74, 6) is -0.489. The van der Waals surface area contributed by atoms with Crippen molar-refractivity contribution in [1.82, 2.24) is 10.2 Å². The quantitative estimate of drug-likeness (QED) is 0.514. The minimum absolute atomic E-state index is 0.0913. The van der Waals surface area contributed by atoms with Crippen LogP contribution in [0.3, 0.4) is 0 Å². The molecule has 1 N–H and O–H groups in total. The average Bonchev–Trinajstić information content (AvgIpc) is 3.19. The molecule has 1 amide bonds. The SMILES string of the molecule is CC1=C(C(=O)OC(C)(C)C)[C@@H](c2ccccc2)N2C(CC(=O)N[C@@H](C)c3ccccc3)=CSC2=N1. The lowest BCUT2D eigenvalue weighted by Crippen LogP contribution is -2.39. The zero-order valence-electron chi connectivity index (χ0n) is 20.7. The van der Waals surface area contributed by atoms with Gasteiger partial charge in [0.1, 0.15) is 5.60 Å². The molecule has 0 unspecified atom stereocenters. The molecule has 2 aliphatic rings. The van der Waals surface area contributed by atoms with Crippen molar-refractivity contribution in [2.75, 3.05) is 0 Å². The smallest absolute Gasteiger partial charge is 0.338 e. The van der Waals surface area contributed by atoms with Crippen molar-refractivity contribution in [2.24, 2.45) is 4.99 Å². The van der Waals surface area contributed by atoms with Gasteiger partial charge >= 0.3 is 5.97 Å². The Hall–Kier alpha value is -3.32. The first-order valence-electron chi connectivity index (χ1n) is 11.7. The highest BCUT2D eigenvalue weighted by atomic mass is 32.2. The summed E-state index contributed by atoms with van der Waals surface area (Å²) >= 11 is 1.47. The van der Waals surface area contributed by atoms with Gasteiger partial charge in [0.25, 0.3) is 0 Å². The van der Waals surface area contributed by atoms with E-state index in [2.05, 4.69) is 5.32 Å². The van der Waals surface area contributed by atoms with Gasteiger partial charge in [-0.3, -0.25) is 4.79 Å². The Morgan fingerprint density at radius 3 is 2.34 bits per heavy atom. The molecular weight excluding hydrogens is 458 g/mol. The van der Waals surface area contributed by atoms with Crippen LogP contribution in [0.2, 0.25) is 0 Å². The van der Waals surface area contributed by atoms with Crippen LogP contribution in [0.25, 0.3) is 0 Å². The third-order valence-corrected chi connectivity index (χ3v) is 6.64. The molecule has 0 saturated heterocycles. The maximum Gasteiger partial charge on any atom is 0.338 e. The fourth-order valence-corrected chi connectivity index (χ4v) is 5.16. The van der Waals surface area contributed by atoms with Gasteiger partial charge in [0.2, 0.25) is 5.91 Å². The number of hydrogen-bond donors (Lipinski definition) is 1. The maximum atomic E-state index is 13.3. The number of allylic oxidation sites excluding steroid dienone is 1. The van der Waals surface area contributed by atoms with Crippen molar-refractivity contribution in [1.29, 1.82) is 0 Å². The predicted octanol–water partition coefficient (Wildman–Crippen LogP) is 5.87. The zero-order valence-corrected chi connectivity index (χ0v) is 21.6. The number of nitrogens with zero attached hydrogens (tertiary/aromatic N) is 2. The van der Waals surface area contributed by atoms with Gasteiger partial charge in [-0.2, -0.15) is 0 Å². The van der Waals surface area contributed by atoms with Crippen LogP contribution < -0.4 is 5.32 Å². The lowest BCUT2D eigenvalue weighted by Gasteiger charge is -2.37. The number of esters is 1. The summed E-state index contributed by atoms with van der Waals surface area (Å²) in [4.78, 5) is 33.1. The van der Waals surface area contributed by atoms with Crippen molar-refractivity contribution in [3.8, 4) is 0 Å². The Kier molecular flexibility index (Phi) is 7.17. The van der Waals surface area contributed by atoms with Crippen LogP contribution in [0.5, 0.6) is 0 Å². The number of carbonyl (C=O) groups excluding carboxylic acids is 2. The predicted molar refractivity (Wildman–Crippen MR) is 140 cm³/mol. The van der Waals surface area contributed by atoms with E-state index in [1.807, 2.05) is 106 Å². The third kappa shape index (κ3) is 5.68. The molecular formula is C28H31N3O3S. The molecule has 0 radical (unpaired) electrons. The molecule has 35 heavy (non-hydrogen) atoms. The van der Waals surface area contributed by atoms with Gasteiger partial charge in [0, 0.05) is 5.70 Å². The van der Waals surface area contributed by atoms with Crippen LogP contribution in [0.4, 0.5) is 0 Å². The van der Waals surface area contributed by atoms with Crippen LogP contribution in [0.1, 0.15) is 64.3 Å². The van der Waals surface area contributed by atoms with Crippen LogP contribution in [0.15, 0.2) is 88.0 Å². The van der Waals surface area contributed by atoms with Gasteiger partial charge in [0.05, 0.1) is 29.8 Å². The molecule has 0 aliphatic carbocycles. The molecule has 2 heterocycles. The van der Waals surface area contributed by atoms with Gasteiger partial charge in [-0.25, -0.2) is 9.79 Å². The van der Waals surface area contributed by atoms with E-state index >= 15 is 0 Å². The summed E-state index contributed by atoms with van der Waals surface area (Å²) in [5, 5.41) is 5.79. The van der Waals surface area contributed by atoms with E-state index in [9.17, 15) is 9.59 Å². The molecule has 2 atom stereocenters. The number of hydrogen-bond acceptors (Lipinski definition) is 6. The van der Waals surface area contributed by atoms with Crippen molar-refractivity contribution >= 4 is 28.8 Å². The molecule has 0 bridgehead atoms. The number of thioether (sulfide) groups is 1. The van der Waals surface area contributed by atoms with Gasteiger partial charge in [-0.1, -0.05) is 72.4 Å². The number of amidine groups is 1. The Morgan fingerprint density at radius 2 is 1.71 bits per heavy atom. The second-order valence-electron chi connectivity index (χ2n) is 9.68. The van der Waals surface area contributed by atoms with E-state index in [1.165, 1.54) is 11.8 Å². The number of carbonyl (C=O) groups is 2. The normalized spacial score (nSPS) is 18.4. The monoisotopic (exact) mass is 489 g/mol. The first kappa shape index (κ1) is 24.8. The molecule has 6 nitrogen and oxygen atoms in total. The Bertz CT molecular complexity index is 1200. The first-order chi connectivity index (χ1) is 16.6. The number of rotatable bonds is 6. The van der Waals surface area contributed by atoms with Gasteiger partial charge in [0.15, 0.2) is 5.17 Å². The second-order valence-corrected chi connectivity index (χ2v) is 10.5. The molecule has 4 rings (SSSR count). The molecule has 0 fully saturated rings. The number of fused-ring (bicyclic) bond motifs is 1. The minimum atomic E-state index is -0.637. The summed E-state index contributed by atoms with van der Waals surface area (Å²) < 4.78 is 5.77. The molecule has 0 saturated carbocycles. The fraction of sp³-hybridized carbons (Fsp3) is 0.321. The zero-order chi connectivity index (χ0) is 25.2. The lowest BCUT2D eigenvalue weighted by molar-refractivity contribution is -0.150. The summed E-state index contributed by atoms with van der Waals surface area (Å²) in [6.45, 7) is 9.37. The highest BCUT2D eigenvalue weighted by Gasteiger charge is 2.41. The number of ether oxygens (including phenoxy) is 1. The van der Waals surface area contributed by atoms with E-state index in [4.69, 9.17) is 9.73 Å². The molecule has 2 aliphatic heterocycles. The van der Waals surface area contributed by atoms with Crippen molar-refractivity contribution in [2.45, 2.75) is 58.7 Å². The van der Waals surface area contributed by atoms with E-state index < -0.39 is 17.6 Å². The number of aliphatic imine (C=N–C) groups is 1. The Balaban J connectivity index is 1.62. The van der Waals surface area contributed by atoms with Crippen molar-refractivity contribution in [3.05, 3.63) is 94.2 Å². The summed E-state index contributed by atoms with van der Waals surface area (Å²) in [6.07, 6.45) is 0.174. The number of amides is 1. The molecule has 0 spiro atoms. The molecule has 182 valence electrons. The van der Waals surface area contributed by atoms with Gasteiger partial charge < -0.3 is 15.0 Å². The lowest BCUT2D eigenvalue weighted by atomic mass is 9.93. The molecule has 7 heteroatoms.